The summed E-state index contributed by atoms with van der Waals surface area (Å²) in [6.45, 7) is 2.13. The molecule has 0 radical (unpaired) electrons. The minimum absolute atomic E-state index is 0.360. The van der Waals surface area contributed by atoms with Gasteiger partial charge in [-0.05, 0) is 59.5 Å². The minimum atomic E-state index is -1.49. The van der Waals surface area contributed by atoms with Crippen molar-refractivity contribution >= 4 is 17.2 Å². The summed E-state index contributed by atoms with van der Waals surface area (Å²) in [6.07, 6.45) is 5.25. The van der Waals surface area contributed by atoms with E-state index < -0.39 is 11.0 Å². The third-order valence-electron chi connectivity index (χ3n) is 4.28. The fourth-order valence-corrected chi connectivity index (χ4v) is 2.99. The number of rotatable bonds is 3. The molecule has 2 aromatic carbocycles. The van der Waals surface area contributed by atoms with Crippen molar-refractivity contribution in [3.05, 3.63) is 89.3 Å². The van der Waals surface area contributed by atoms with Gasteiger partial charge in [-0.2, -0.15) is 0 Å². The fourth-order valence-electron chi connectivity index (χ4n) is 2.82. The van der Waals surface area contributed by atoms with E-state index in [4.69, 9.17) is 11.6 Å². The van der Waals surface area contributed by atoms with Crippen LogP contribution in [0, 0.1) is 17.7 Å². The molecule has 0 fully saturated rings. The van der Waals surface area contributed by atoms with Gasteiger partial charge >= 0.3 is 0 Å². The van der Waals surface area contributed by atoms with Crippen molar-refractivity contribution in [2.24, 2.45) is 0 Å². The Kier molecular flexibility index (Phi) is 5.59. The van der Waals surface area contributed by atoms with Crippen molar-refractivity contribution in [2.75, 3.05) is 0 Å². The van der Waals surface area contributed by atoms with Crippen LogP contribution in [0.4, 0.5) is 8.78 Å². The van der Waals surface area contributed by atoms with E-state index in [1.807, 2.05) is 24.3 Å². The predicted molar refractivity (Wildman–Crippen MR) is 104 cm³/mol. The minimum Gasteiger partial charge on any atom is -0.239 e. The number of alkyl halides is 2. The molecule has 0 bridgehead atoms. The molecule has 0 amide bonds. The summed E-state index contributed by atoms with van der Waals surface area (Å²) in [5, 5.41) is 0. The lowest BCUT2D eigenvalue weighted by Gasteiger charge is -2.24. The lowest BCUT2D eigenvalue weighted by atomic mass is 9.91. The number of hydrogen-bond donors (Lipinski definition) is 0. The molecule has 0 saturated heterocycles. The monoisotopic (exact) mass is 368 g/mol. The summed E-state index contributed by atoms with van der Waals surface area (Å²) in [5.74, 6) is 5.43. The van der Waals surface area contributed by atoms with Gasteiger partial charge in [0.05, 0.1) is 0 Å². The second-order valence-corrected chi connectivity index (χ2v) is 6.96. The van der Waals surface area contributed by atoms with E-state index >= 15 is 0 Å². The first-order chi connectivity index (χ1) is 12.5. The first kappa shape index (κ1) is 18.4. The third kappa shape index (κ3) is 4.23. The maximum Gasteiger partial charge on any atom is 0.158 e. The third-order valence-corrected chi connectivity index (χ3v) is 4.71. The molecule has 2 atom stereocenters. The Morgan fingerprint density at radius 3 is 2.58 bits per heavy atom. The van der Waals surface area contributed by atoms with Crippen molar-refractivity contribution in [1.29, 1.82) is 0 Å². The van der Waals surface area contributed by atoms with E-state index in [1.165, 1.54) is 29.8 Å². The zero-order chi connectivity index (χ0) is 18.6. The number of benzene rings is 2. The van der Waals surface area contributed by atoms with Gasteiger partial charge in [0.25, 0.3) is 0 Å². The quantitative estimate of drug-likeness (QED) is 0.453. The van der Waals surface area contributed by atoms with Crippen LogP contribution in [-0.2, 0) is 6.42 Å². The molecule has 26 heavy (non-hydrogen) atoms. The topological polar surface area (TPSA) is 0 Å². The van der Waals surface area contributed by atoms with Gasteiger partial charge in [0.2, 0.25) is 0 Å². The zero-order valence-electron chi connectivity index (χ0n) is 14.5. The highest BCUT2D eigenvalue weighted by Crippen LogP contribution is 2.33. The molecule has 0 aromatic heterocycles. The first-order valence-electron chi connectivity index (χ1n) is 8.62. The molecule has 2 unspecified atom stereocenters. The Morgan fingerprint density at radius 2 is 1.92 bits per heavy atom. The van der Waals surface area contributed by atoms with Crippen molar-refractivity contribution < 1.29 is 8.78 Å². The second kappa shape index (κ2) is 7.89. The Balaban J connectivity index is 1.79. The smallest absolute Gasteiger partial charge is 0.158 e. The van der Waals surface area contributed by atoms with Crippen LogP contribution in [0.1, 0.15) is 30.0 Å². The average Bonchev–Trinajstić information content (AvgIpc) is 2.64. The van der Waals surface area contributed by atoms with E-state index in [1.54, 1.807) is 18.2 Å². The van der Waals surface area contributed by atoms with Crippen molar-refractivity contribution in [1.82, 2.24) is 0 Å². The first-order valence-corrected chi connectivity index (χ1v) is 9.00. The number of aryl methyl sites for hydroxylation is 1. The fraction of sp³-hybridized carbons (Fsp3) is 0.217. The normalized spacial score (nSPS) is 21.7. The summed E-state index contributed by atoms with van der Waals surface area (Å²) >= 11 is 6.39. The molecule has 1 aliphatic carbocycles. The molecular weight excluding hydrogens is 350 g/mol. The Bertz CT molecular complexity index is 900. The Morgan fingerprint density at radius 1 is 1.15 bits per heavy atom. The van der Waals surface area contributed by atoms with Crippen LogP contribution in [0.3, 0.4) is 0 Å². The van der Waals surface area contributed by atoms with Crippen LogP contribution in [0.15, 0.2) is 66.8 Å². The van der Waals surface area contributed by atoms with Gasteiger partial charge in [-0.1, -0.05) is 67.1 Å². The van der Waals surface area contributed by atoms with Crippen molar-refractivity contribution in [2.45, 2.75) is 30.8 Å². The lowest BCUT2D eigenvalue weighted by Crippen LogP contribution is -2.30. The second-order valence-electron chi connectivity index (χ2n) is 6.33. The number of allylic oxidation sites excluding steroid dienone is 4. The standard InChI is InChI=1S/C23H19ClF2/c1-2-4-17-7-9-18(10-8-17)11-13-23(24)14-12-20(16-22(23)26)19-5-3-6-21(25)15-19/h3,5-10,12,14-16,22H,2,4H2,1H3. The van der Waals surface area contributed by atoms with Gasteiger partial charge in [-0.3, -0.25) is 0 Å². The molecule has 0 heterocycles. The average molecular weight is 369 g/mol. The molecule has 132 valence electrons. The summed E-state index contributed by atoms with van der Waals surface area (Å²) in [4.78, 5) is -1.42. The summed E-state index contributed by atoms with van der Waals surface area (Å²) < 4.78 is 28.0. The molecule has 1 aliphatic rings. The molecule has 0 nitrogen and oxygen atoms in total. The number of hydrogen-bond acceptors (Lipinski definition) is 0. The summed E-state index contributed by atoms with van der Waals surface area (Å²) in [5.41, 5.74) is 3.26. The largest absolute Gasteiger partial charge is 0.239 e. The van der Waals surface area contributed by atoms with E-state index in [0.29, 0.717) is 11.1 Å². The van der Waals surface area contributed by atoms with Gasteiger partial charge < -0.3 is 0 Å². The molecule has 3 rings (SSSR count). The Labute approximate surface area is 158 Å². The van der Waals surface area contributed by atoms with Crippen LogP contribution in [0.25, 0.3) is 5.57 Å². The van der Waals surface area contributed by atoms with Crippen LogP contribution in [0.2, 0.25) is 0 Å². The van der Waals surface area contributed by atoms with Crippen LogP contribution < -0.4 is 0 Å². The molecule has 3 heteroatoms. The van der Waals surface area contributed by atoms with E-state index in [-0.39, 0.29) is 5.82 Å². The van der Waals surface area contributed by atoms with E-state index in [2.05, 4.69) is 18.8 Å². The maximum atomic E-state index is 14.7. The number of halogens is 3. The molecule has 0 aliphatic heterocycles. The zero-order valence-corrected chi connectivity index (χ0v) is 15.2. The van der Waals surface area contributed by atoms with Gasteiger partial charge in [-0.25, -0.2) is 8.78 Å². The van der Waals surface area contributed by atoms with E-state index in [0.717, 1.165) is 18.4 Å². The molecular formula is C23H19ClF2. The maximum absolute atomic E-state index is 14.7. The van der Waals surface area contributed by atoms with Crippen molar-refractivity contribution in [3.63, 3.8) is 0 Å². The predicted octanol–water partition coefficient (Wildman–Crippen LogP) is 6.10. The van der Waals surface area contributed by atoms with Gasteiger partial charge in [0, 0.05) is 5.56 Å². The van der Waals surface area contributed by atoms with E-state index in [9.17, 15) is 8.78 Å². The highest BCUT2D eigenvalue weighted by atomic mass is 35.5. The van der Waals surface area contributed by atoms with Gasteiger partial charge in [0.15, 0.2) is 11.0 Å². The summed E-state index contributed by atoms with van der Waals surface area (Å²) in [7, 11) is 0. The van der Waals surface area contributed by atoms with Crippen LogP contribution in [-0.4, -0.2) is 11.0 Å². The van der Waals surface area contributed by atoms with Crippen LogP contribution in [0.5, 0.6) is 0 Å². The lowest BCUT2D eigenvalue weighted by molar-refractivity contribution is 0.376. The summed E-state index contributed by atoms with van der Waals surface area (Å²) in [6, 6.07) is 14.0. The molecule has 2 aromatic rings. The molecule has 0 spiro atoms. The van der Waals surface area contributed by atoms with Gasteiger partial charge in [-0.15, -0.1) is 0 Å². The highest BCUT2D eigenvalue weighted by Gasteiger charge is 2.34. The SMILES string of the molecule is CCCc1ccc(C#CC2(Cl)C=CC(c3cccc(F)c3)=CC2F)cc1. The molecule has 0 saturated carbocycles. The Hall–Kier alpha value is -2.37. The molecule has 0 N–H and O–H groups in total. The van der Waals surface area contributed by atoms with Crippen LogP contribution >= 0.6 is 11.6 Å². The van der Waals surface area contributed by atoms with Gasteiger partial charge in [0.1, 0.15) is 5.82 Å². The highest BCUT2D eigenvalue weighted by molar-refractivity contribution is 6.28. The van der Waals surface area contributed by atoms with Crippen molar-refractivity contribution in [3.8, 4) is 11.8 Å².